The van der Waals surface area contributed by atoms with Crippen LogP contribution in [-0.4, -0.2) is 49.7 Å². The first-order valence-electron chi connectivity index (χ1n) is 9.42. The standard InChI is InChI=1S/C20H31BrN2O3/c1-5-11-26-18-16(21)12-15(13-17(18)25-4)19(24)22-14-20(2,3)23-9-7-6-8-10-23/h12-13H,5-11,14H2,1-4H3,(H,22,24). The average Bonchev–Trinajstić information content (AvgIpc) is 2.65. The van der Waals surface area contributed by atoms with E-state index in [0.29, 0.717) is 30.2 Å². The van der Waals surface area contributed by atoms with Crippen LogP contribution < -0.4 is 14.8 Å². The molecule has 0 atom stereocenters. The first-order chi connectivity index (χ1) is 12.4. The van der Waals surface area contributed by atoms with Crippen molar-refractivity contribution in [2.45, 2.75) is 52.0 Å². The number of nitrogens with zero attached hydrogens (tertiary/aromatic N) is 1. The number of ether oxygens (including phenoxy) is 2. The molecule has 0 radical (unpaired) electrons. The molecule has 5 nitrogen and oxygen atoms in total. The van der Waals surface area contributed by atoms with E-state index in [2.05, 4.69) is 40.0 Å². The zero-order valence-electron chi connectivity index (χ0n) is 16.4. The van der Waals surface area contributed by atoms with E-state index in [1.165, 1.54) is 19.3 Å². The monoisotopic (exact) mass is 426 g/mol. The Bertz CT molecular complexity index is 613. The Hall–Kier alpha value is -1.27. The van der Waals surface area contributed by atoms with Crippen molar-refractivity contribution in [2.75, 3.05) is 33.4 Å². The molecule has 1 saturated heterocycles. The first-order valence-corrected chi connectivity index (χ1v) is 10.2. The number of rotatable bonds is 8. The largest absolute Gasteiger partial charge is 0.493 e. The van der Waals surface area contributed by atoms with Crippen LogP contribution in [0, 0.1) is 0 Å². The summed E-state index contributed by atoms with van der Waals surface area (Å²) in [6.07, 6.45) is 4.68. The molecule has 146 valence electrons. The van der Waals surface area contributed by atoms with E-state index in [1.54, 1.807) is 19.2 Å². The van der Waals surface area contributed by atoms with Crippen LogP contribution in [0.4, 0.5) is 0 Å². The second-order valence-electron chi connectivity index (χ2n) is 7.38. The number of likely N-dealkylation sites (tertiary alicyclic amines) is 1. The molecular formula is C20H31BrN2O3. The second kappa shape index (κ2) is 9.60. The van der Waals surface area contributed by atoms with E-state index < -0.39 is 0 Å². The number of piperidine rings is 1. The van der Waals surface area contributed by atoms with Gasteiger partial charge in [0.05, 0.1) is 18.2 Å². The molecule has 6 heteroatoms. The highest BCUT2D eigenvalue weighted by Gasteiger charge is 2.28. The number of carbonyl (C=O) groups is 1. The maximum absolute atomic E-state index is 12.7. The fourth-order valence-corrected chi connectivity index (χ4v) is 3.76. The Morgan fingerprint density at radius 2 is 1.96 bits per heavy atom. The summed E-state index contributed by atoms with van der Waals surface area (Å²) >= 11 is 3.50. The minimum absolute atomic E-state index is 0.0540. The molecule has 1 fully saturated rings. The van der Waals surface area contributed by atoms with Crippen molar-refractivity contribution in [2.24, 2.45) is 0 Å². The lowest BCUT2D eigenvalue weighted by atomic mass is 9.98. The molecule has 0 aromatic heterocycles. The van der Waals surface area contributed by atoms with E-state index in [4.69, 9.17) is 9.47 Å². The summed E-state index contributed by atoms with van der Waals surface area (Å²) < 4.78 is 11.9. The minimum atomic E-state index is -0.101. The van der Waals surface area contributed by atoms with Crippen LogP contribution in [0.5, 0.6) is 11.5 Å². The van der Waals surface area contributed by atoms with Crippen LogP contribution in [0.15, 0.2) is 16.6 Å². The molecule has 1 N–H and O–H groups in total. The van der Waals surface area contributed by atoms with Gasteiger partial charge in [-0.3, -0.25) is 9.69 Å². The molecule has 2 rings (SSSR count). The fraction of sp³-hybridized carbons (Fsp3) is 0.650. The number of hydrogen-bond donors (Lipinski definition) is 1. The zero-order chi connectivity index (χ0) is 19.2. The molecule has 1 aromatic carbocycles. The lowest BCUT2D eigenvalue weighted by Crippen LogP contribution is -2.53. The summed E-state index contributed by atoms with van der Waals surface area (Å²) in [5.74, 6) is 1.10. The van der Waals surface area contributed by atoms with Crippen molar-refractivity contribution in [3.63, 3.8) is 0 Å². The molecule has 0 bridgehead atoms. The molecule has 0 spiro atoms. The molecule has 26 heavy (non-hydrogen) atoms. The Morgan fingerprint density at radius 1 is 1.27 bits per heavy atom. The smallest absolute Gasteiger partial charge is 0.251 e. The molecular weight excluding hydrogens is 396 g/mol. The second-order valence-corrected chi connectivity index (χ2v) is 8.24. The van der Waals surface area contributed by atoms with Crippen molar-refractivity contribution < 1.29 is 14.3 Å². The third kappa shape index (κ3) is 5.36. The number of benzene rings is 1. The summed E-state index contributed by atoms with van der Waals surface area (Å²) in [5, 5.41) is 3.08. The predicted molar refractivity (Wildman–Crippen MR) is 108 cm³/mol. The maximum atomic E-state index is 12.7. The van der Waals surface area contributed by atoms with Crippen LogP contribution in [0.1, 0.15) is 56.8 Å². The van der Waals surface area contributed by atoms with Gasteiger partial charge in [0.25, 0.3) is 5.91 Å². The Kier molecular flexibility index (Phi) is 7.77. The number of hydrogen-bond acceptors (Lipinski definition) is 4. The normalized spacial score (nSPS) is 15.6. The van der Waals surface area contributed by atoms with Crippen molar-refractivity contribution in [3.05, 3.63) is 22.2 Å². The quantitative estimate of drug-likeness (QED) is 0.674. The molecule has 0 saturated carbocycles. The number of nitrogens with one attached hydrogen (secondary N) is 1. The molecule has 1 aliphatic rings. The summed E-state index contributed by atoms with van der Waals surface area (Å²) in [6, 6.07) is 3.52. The number of carbonyl (C=O) groups excluding carboxylic acids is 1. The summed E-state index contributed by atoms with van der Waals surface area (Å²) in [7, 11) is 1.59. The summed E-state index contributed by atoms with van der Waals surface area (Å²) in [4.78, 5) is 15.1. The van der Waals surface area contributed by atoms with Crippen molar-refractivity contribution in [3.8, 4) is 11.5 Å². The molecule has 0 unspecified atom stereocenters. The van der Waals surface area contributed by atoms with Crippen LogP contribution >= 0.6 is 15.9 Å². The third-order valence-corrected chi connectivity index (χ3v) is 5.42. The molecule has 1 heterocycles. The van der Waals surface area contributed by atoms with E-state index in [1.807, 2.05) is 6.92 Å². The lowest BCUT2D eigenvalue weighted by molar-refractivity contribution is 0.0797. The summed E-state index contributed by atoms with van der Waals surface area (Å²) in [5.41, 5.74) is 0.508. The highest BCUT2D eigenvalue weighted by Crippen LogP contribution is 2.36. The summed E-state index contributed by atoms with van der Waals surface area (Å²) in [6.45, 7) is 9.85. The Morgan fingerprint density at radius 3 is 2.58 bits per heavy atom. The molecule has 1 amide bonds. The van der Waals surface area contributed by atoms with Gasteiger partial charge in [-0.15, -0.1) is 0 Å². The number of methoxy groups -OCH3 is 1. The molecule has 1 aliphatic heterocycles. The maximum Gasteiger partial charge on any atom is 0.251 e. The van der Waals surface area contributed by atoms with Crippen LogP contribution in [0.2, 0.25) is 0 Å². The highest BCUT2D eigenvalue weighted by molar-refractivity contribution is 9.10. The van der Waals surface area contributed by atoms with E-state index in [9.17, 15) is 4.79 Å². The topological polar surface area (TPSA) is 50.8 Å². The van der Waals surface area contributed by atoms with Gasteiger partial charge in [-0.05, 0) is 74.3 Å². The van der Waals surface area contributed by atoms with E-state index >= 15 is 0 Å². The fourth-order valence-electron chi connectivity index (χ4n) is 3.20. The van der Waals surface area contributed by atoms with Gasteiger partial charge in [-0.25, -0.2) is 0 Å². The lowest BCUT2D eigenvalue weighted by Gasteiger charge is -2.41. The van der Waals surface area contributed by atoms with Crippen molar-refractivity contribution >= 4 is 21.8 Å². The van der Waals surface area contributed by atoms with Gasteiger partial charge in [0.1, 0.15) is 0 Å². The first kappa shape index (κ1) is 21.0. The number of amides is 1. The van der Waals surface area contributed by atoms with Gasteiger partial charge in [-0.1, -0.05) is 13.3 Å². The van der Waals surface area contributed by atoms with Gasteiger partial charge in [0, 0.05) is 17.6 Å². The predicted octanol–water partition coefficient (Wildman–Crippen LogP) is 4.24. The van der Waals surface area contributed by atoms with Crippen LogP contribution in [-0.2, 0) is 0 Å². The van der Waals surface area contributed by atoms with Gasteiger partial charge in [-0.2, -0.15) is 0 Å². The van der Waals surface area contributed by atoms with Gasteiger partial charge in [0.15, 0.2) is 11.5 Å². The zero-order valence-corrected chi connectivity index (χ0v) is 17.9. The van der Waals surface area contributed by atoms with Crippen molar-refractivity contribution in [1.29, 1.82) is 0 Å². The van der Waals surface area contributed by atoms with Gasteiger partial charge < -0.3 is 14.8 Å². The molecule has 1 aromatic rings. The minimum Gasteiger partial charge on any atom is -0.493 e. The van der Waals surface area contributed by atoms with Crippen LogP contribution in [0.3, 0.4) is 0 Å². The van der Waals surface area contributed by atoms with Gasteiger partial charge >= 0.3 is 0 Å². The van der Waals surface area contributed by atoms with E-state index in [-0.39, 0.29) is 11.4 Å². The Labute approximate surface area is 165 Å². The third-order valence-electron chi connectivity index (χ3n) is 4.84. The highest BCUT2D eigenvalue weighted by atomic mass is 79.9. The van der Waals surface area contributed by atoms with Crippen LogP contribution in [0.25, 0.3) is 0 Å². The van der Waals surface area contributed by atoms with Crippen molar-refractivity contribution in [1.82, 2.24) is 10.2 Å². The average molecular weight is 427 g/mol. The van der Waals surface area contributed by atoms with Gasteiger partial charge in [0.2, 0.25) is 0 Å². The number of halogens is 1. The SMILES string of the molecule is CCCOc1c(Br)cc(C(=O)NCC(C)(C)N2CCCCC2)cc1OC. The Balaban J connectivity index is 2.05. The van der Waals surface area contributed by atoms with E-state index in [0.717, 1.165) is 24.0 Å². The molecule has 0 aliphatic carbocycles.